The summed E-state index contributed by atoms with van der Waals surface area (Å²) in [4.78, 5) is 23.8. The largest absolute Gasteiger partial charge is 0.496 e. The SMILES string of the molecule is COc1ccc(/C=N\NC(=O)c2cc3n(n2)[C@H](C(F)(F)F)C[C@H](c2cccs2)N3)cc1Cn1cc([N+](=O)[O-])cn1. The smallest absolute Gasteiger partial charge is 0.410 e. The average Bonchev–Trinajstić information content (AvgIpc) is 3.68. The molecule has 0 saturated heterocycles. The summed E-state index contributed by atoms with van der Waals surface area (Å²) in [6.45, 7) is 0.172. The van der Waals surface area contributed by atoms with E-state index in [0.717, 1.165) is 15.8 Å². The van der Waals surface area contributed by atoms with Crippen LogP contribution in [-0.2, 0) is 6.54 Å². The second-order valence-electron chi connectivity index (χ2n) is 8.79. The van der Waals surface area contributed by atoms with Crippen LogP contribution in [0.4, 0.5) is 24.7 Å². The molecule has 0 bridgehead atoms. The van der Waals surface area contributed by atoms with Gasteiger partial charge in [-0.2, -0.15) is 28.5 Å². The molecule has 0 spiro atoms. The number of nitrogens with zero attached hydrogens (tertiary/aromatic N) is 6. The van der Waals surface area contributed by atoms with Crippen LogP contribution >= 0.6 is 11.3 Å². The van der Waals surface area contributed by atoms with Crippen molar-refractivity contribution in [2.75, 3.05) is 12.4 Å². The number of anilines is 1. The Hall–Kier alpha value is -4.73. The molecule has 4 aromatic rings. The van der Waals surface area contributed by atoms with Crippen LogP contribution in [0, 0.1) is 10.1 Å². The Morgan fingerprint density at radius 2 is 2.20 bits per heavy atom. The lowest BCUT2D eigenvalue weighted by Crippen LogP contribution is -2.35. The number of fused-ring (bicyclic) bond motifs is 1. The molecule has 0 fully saturated rings. The Labute approximate surface area is 228 Å². The molecule has 0 unspecified atom stereocenters. The number of halogens is 3. The molecule has 0 radical (unpaired) electrons. The molecule has 1 aliphatic rings. The molecule has 16 heteroatoms. The van der Waals surface area contributed by atoms with Crippen molar-refractivity contribution in [3.05, 3.63) is 86.0 Å². The quantitative estimate of drug-likeness (QED) is 0.179. The van der Waals surface area contributed by atoms with Gasteiger partial charge in [-0.3, -0.25) is 19.6 Å². The molecule has 2 N–H and O–H groups in total. The van der Waals surface area contributed by atoms with E-state index in [2.05, 4.69) is 26.0 Å². The van der Waals surface area contributed by atoms with E-state index < -0.39 is 29.1 Å². The standard InChI is InChI=1S/C24H21F3N8O4S/c1-39-19-5-4-14(7-15(19)12-33-13-16(11-29-33)35(37)38)10-28-31-23(36)18-9-22-30-17(20-3-2-6-40-20)8-21(24(25,26)27)34(22)32-18/h2-7,9-11,13,17,21,30H,8,12H2,1H3,(H,31,36)/b28-10-/t17-,21+/m1/s1. The maximum atomic E-state index is 13.8. The normalized spacial score (nSPS) is 16.9. The van der Waals surface area contributed by atoms with Crippen molar-refractivity contribution in [2.24, 2.45) is 5.10 Å². The van der Waals surface area contributed by atoms with Gasteiger partial charge in [-0.05, 0) is 35.2 Å². The molecule has 40 heavy (non-hydrogen) atoms. The molecule has 0 aliphatic carbocycles. The van der Waals surface area contributed by atoms with Crippen molar-refractivity contribution in [3.8, 4) is 5.75 Å². The Morgan fingerprint density at radius 1 is 1.38 bits per heavy atom. The van der Waals surface area contributed by atoms with Gasteiger partial charge in [0, 0.05) is 22.9 Å². The number of alkyl halides is 3. The van der Waals surface area contributed by atoms with E-state index >= 15 is 0 Å². The predicted octanol–water partition coefficient (Wildman–Crippen LogP) is 4.53. The molecule has 1 amide bonds. The summed E-state index contributed by atoms with van der Waals surface area (Å²) in [5, 5.41) is 27.5. The Kier molecular flexibility index (Phi) is 7.25. The molecule has 1 aliphatic heterocycles. The fourth-order valence-electron chi connectivity index (χ4n) is 4.29. The number of nitro groups is 1. The fourth-order valence-corrected chi connectivity index (χ4v) is 5.08. The number of hydrazone groups is 1. The van der Waals surface area contributed by atoms with Crippen LogP contribution in [0.1, 0.15) is 45.0 Å². The number of aromatic nitrogens is 4. The minimum atomic E-state index is -4.56. The van der Waals surface area contributed by atoms with E-state index in [1.165, 1.54) is 41.6 Å². The molecule has 12 nitrogen and oxygen atoms in total. The molecule has 5 rings (SSSR count). The van der Waals surface area contributed by atoms with Crippen molar-refractivity contribution in [2.45, 2.75) is 31.2 Å². The van der Waals surface area contributed by atoms with Gasteiger partial charge in [-0.25, -0.2) is 10.1 Å². The third-order valence-corrected chi connectivity index (χ3v) is 7.14. The van der Waals surface area contributed by atoms with Crippen LogP contribution in [0.5, 0.6) is 5.75 Å². The number of ether oxygens (including phenoxy) is 1. The van der Waals surface area contributed by atoms with Crippen LogP contribution < -0.4 is 15.5 Å². The zero-order valence-corrected chi connectivity index (χ0v) is 21.5. The number of rotatable bonds is 8. The van der Waals surface area contributed by atoms with E-state index in [1.807, 2.05) is 0 Å². The Morgan fingerprint density at radius 3 is 2.88 bits per heavy atom. The second kappa shape index (κ2) is 10.8. The average molecular weight is 575 g/mol. The minimum Gasteiger partial charge on any atom is -0.496 e. The van der Waals surface area contributed by atoms with Crippen LogP contribution in [0.15, 0.2) is 59.3 Å². The lowest BCUT2D eigenvalue weighted by molar-refractivity contribution is -0.385. The number of hydrogen-bond acceptors (Lipinski definition) is 9. The Bertz CT molecular complexity index is 1560. The van der Waals surface area contributed by atoms with Gasteiger partial charge < -0.3 is 10.1 Å². The van der Waals surface area contributed by atoms with Gasteiger partial charge in [0.15, 0.2) is 11.7 Å². The number of thiophene rings is 1. The van der Waals surface area contributed by atoms with Crippen LogP contribution in [0.25, 0.3) is 0 Å². The summed E-state index contributed by atoms with van der Waals surface area (Å²) >= 11 is 1.35. The number of carbonyl (C=O) groups excluding carboxylic acids is 1. The highest BCUT2D eigenvalue weighted by Crippen LogP contribution is 2.44. The summed E-state index contributed by atoms with van der Waals surface area (Å²) in [7, 11) is 1.48. The van der Waals surface area contributed by atoms with E-state index in [0.29, 0.717) is 16.9 Å². The van der Waals surface area contributed by atoms with E-state index in [4.69, 9.17) is 4.74 Å². The van der Waals surface area contributed by atoms with Gasteiger partial charge in [0.1, 0.15) is 24.0 Å². The molecular formula is C24H21F3N8O4S. The van der Waals surface area contributed by atoms with Gasteiger partial charge in [0.2, 0.25) is 0 Å². The molecule has 3 aromatic heterocycles. The number of hydrogen-bond donors (Lipinski definition) is 2. The number of benzene rings is 1. The monoisotopic (exact) mass is 574 g/mol. The molecular weight excluding hydrogens is 553 g/mol. The molecule has 0 saturated carbocycles. The highest BCUT2D eigenvalue weighted by molar-refractivity contribution is 7.10. The first-order valence-electron chi connectivity index (χ1n) is 11.8. The highest BCUT2D eigenvalue weighted by Gasteiger charge is 2.47. The van der Waals surface area contributed by atoms with Gasteiger partial charge in [0.05, 0.1) is 30.8 Å². The fraction of sp³-hybridized carbons (Fsp3) is 0.250. The molecule has 2 atom stereocenters. The summed E-state index contributed by atoms with van der Waals surface area (Å²) in [6, 6.07) is 7.35. The van der Waals surface area contributed by atoms with Crippen LogP contribution in [0.3, 0.4) is 0 Å². The van der Waals surface area contributed by atoms with Crippen LogP contribution in [0.2, 0.25) is 0 Å². The van der Waals surface area contributed by atoms with Gasteiger partial charge >= 0.3 is 11.9 Å². The van der Waals surface area contributed by atoms with Crippen molar-refractivity contribution >= 4 is 35.0 Å². The topological polar surface area (TPSA) is 142 Å². The number of carbonyl (C=O) groups is 1. The van der Waals surface area contributed by atoms with Gasteiger partial charge in [0.25, 0.3) is 5.91 Å². The van der Waals surface area contributed by atoms with E-state index in [-0.39, 0.29) is 30.2 Å². The predicted molar refractivity (Wildman–Crippen MR) is 139 cm³/mol. The molecule has 208 valence electrons. The summed E-state index contributed by atoms with van der Waals surface area (Å²) < 4.78 is 49.0. The zero-order valence-electron chi connectivity index (χ0n) is 20.7. The summed E-state index contributed by atoms with van der Waals surface area (Å²) in [6.07, 6.45) is -1.06. The zero-order chi connectivity index (χ0) is 28.4. The first-order chi connectivity index (χ1) is 19.1. The maximum Gasteiger partial charge on any atom is 0.410 e. The number of nitrogens with one attached hydrogen (secondary N) is 2. The highest BCUT2D eigenvalue weighted by atomic mass is 32.1. The Balaban J connectivity index is 1.30. The minimum absolute atomic E-state index is 0.0831. The van der Waals surface area contributed by atoms with Crippen LogP contribution in [-0.4, -0.2) is 49.9 Å². The number of amides is 1. The van der Waals surface area contributed by atoms with Crippen molar-refractivity contribution in [1.82, 2.24) is 25.0 Å². The van der Waals surface area contributed by atoms with Gasteiger partial charge in [-0.1, -0.05) is 6.07 Å². The third kappa shape index (κ3) is 5.66. The molecule has 1 aromatic carbocycles. The van der Waals surface area contributed by atoms with Crippen molar-refractivity contribution in [1.29, 1.82) is 0 Å². The summed E-state index contributed by atoms with van der Waals surface area (Å²) in [5.41, 5.74) is 3.10. The first kappa shape index (κ1) is 26.9. The van der Waals surface area contributed by atoms with E-state index in [1.54, 1.807) is 35.7 Å². The number of methoxy groups -OCH3 is 1. The lowest BCUT2D eigenvalue weighted by atomic mass is 10.0. The third-order valence-electron chi connectivity index (χ3n) is 6.16. The van der Waals surface area contributed by atoms with Gasteiger partial charge in [-0.15, -0.1) is 11.3 Å². The molecule has 4 heterocycles. The summed E-state index contributed by atoms with van der Waals surface area (Å²) in [5.74, 6) is -0.193. The second-order valence-corrected chi connectivity index (χ2v) is 9.77. The van der Waals surface area contributed by atoms with Crippen molar-refractivity contribution in [3.63, 3.8) is 0 Å². The van der Waals surface area contributed by atoms with Crippen molar-refractivity contribution < 1.29 is 27.6 Å². The lowest BCUT2D eigenvalue weighted by Gasteiger charge is -2.32. The van der Waals surface area contributed by atoms with E-state index in [9.17, 15) is 28.1 Å². The first-order valence-corrected chi connectivity index (χ1v) is 12.6. The maximum absolute atomic E-state index is 13.8.